The van der Waals surface area contributed by atoms with Gasteiger partial charge in [-0.2, -0.15) is 0 Å². The van der Waals surface area contributed by atoms with E-state index in [0.717, 1.165) is 27.7 Å². The number of anilines is 1. The molecule has 0 aliphatic heterocycles. The van der Waals surface area contributed by atoms with Crippen molar-refractivity contribution in [3.8, 4) is 22.0 Å². The van der Waals surface area contributed by atoms with Crippen molar-refractivity contribution in [2.24, 2.45) is 7.05 Å². The van der Waals surface area contributed by atoms with Crippen LogP contribution in [0.5, 0.6) is 0 Å². The number of rotatable bonds is 5. The number of aryl methyl sites for hydroxylation is 2. The molecule has 4 aromatic rings. The first-order chi connectivity index (χ1) is 13.1. The Kier molecular flexibility index (Phi) is 4.87. The van der Waals surface area contributed by atoms with E-state index in [1.165, 1.54) is 16.9 Å². The van der Waals surface area contributed by atoms with Crippen molar-refractivity contribution in [3.05, 3.63) is 64.6 Å². The number of benzene rings is 1. The number of carbonyl (C=O) groups is 1. The van der Waals surface area contributed by atoms with Crippen LogP contribution >= 0.6 is 22.7 Å². The van der Waals surface area contributed by atoms with Gasteiger partial charge in [-0.3, -0.25) is 4.79 Å². The average Bonchev–Trinajstić information content (AvgIpc) is 3.37. The molecular formula is C20H18N4OS2. The Balaban J connectivity index is 1.41. The van der Waals surface area contributed by atoms with Crippen LogP contribution in [-0.2, 0) is 18.3 Å². The molecule has 0 saturated carbocycles. The molecule has 7 heteroatoms. The maximum Gasteiger partial charge on any atom is 0.232 e. The second kappa shape index (κ2) is 7.46. The van der Waals surface area contributed by atoms with Crippen LogP contribution in [0.2, 0.25) is 0 Å². The molecule has 0 radical (unpaired) electrons. The molecule has 27 heavy (non-hydrogen) atoms. The summed E-state index contributed by atoms with van der Waals surface area (Å²) in [6.07, 6.45) is 2.21. The predicted molar refractivity (Wildman–Crippen MR) is 111 cm³/mol. The van der Waals surface area contributed by atoms with Crippen molar-refractivity contribution < 1.29 is 4.79 Å². The largest absolute Gasteiger partial charge is 0.349 e. The van der Waals surface area contributed by atoms with Gasteiger partial charge in [-0.1, -0.05) is 29.8 Å². The van der Waals surface area contributed by atoms with E-state index in [1.807, 2.05) is 40.7 Å². The molecule has 0 saturated heterocycles. The molecule has 136 valence electrons. The molecule has 1 amide bonds. The zero-order chi connectivity index (χ0) is 18.8. The molecule has 0 unspecified atom stereocenters. The van der Waals surface area contributed by atoms with Crippen molar-refractivity contribution in [2.45, 2.75) is 13.3 Å². The highest BCUT2D eigenvalue weighted by molar-refractivity contribution is 7.14. The van der Waals surface area contributed by atoms with E-state index in [9.17, 15) is 4.79 Å². The topological polar surface area (TPSA) is 59.8 Å². The maximum atomic E-state index is 12.3. The molecule has 5 nitrogen and oxygen atoms in total. The van der Waals surface area contributed by atoms with Gasteiger partial charge < -0.3 is 9.88 Å². The SMILES string of the molecule is Cc1ccc(-c2nc(CC(=O)Nc3nc(-c4cccn4C)cs3)cs2)cc1. The molecule has 3 heterocycles. The molecular weight excluding hydrogens is 376 g/mol. The molecule has 0 atom stereocenters. The quantitative estimate of drug-likeness (QED) is 0.531. The molecule has 4 rings (SSSR count). The fraction of sp³-hybridized carbons (Fsp3) is 0.150. The summed E-state index contributed by atoms with van der Waals surface area (Å²) >= 11 is 2.98. The monoisotopic (exact) mass is 394 g/mol. The van der Waals surface area contributed by atoms with Gasteiger partial charge in [0.25, 0.3) is 0 Å². The smallest absolute Gasteiger partial charge is 0.232 e. The zero-order valence-corrected chi connectivity index (χ0v) is 16.6. The van der Waals surface area contributed by atoms with Crippen LogP contribution in [0.25, 0.3) is 22.0 Å². The minimum atomic E-state index is -0.108. The standard InChI is InChI=1S/C20H18N4OS2/c1-13-5-7-14(8-6-13)19-21-15(11-26-19)10-18(25)23-20-22-16(12-27-20)17-4-3-9-24(17)2/h3-9,11-12H,10H2,1-2H3,(H,22,23,25). The normalized spacial score (nSPS) is 10.9. The highest BCUT2D eigenvalue weighted by Crippen LogP contribution is 2.26. The Morgan fingerprint density at radius 2 is 1.93 bits per heavy atom. The van der Waals surface area contributed by atoms with E-state index in [4.69, 9.17) is 0 Å². The van der Waals surface area contributed by atoms with Gasteiger partial charge >= 0.3 is 0 Å². The summed E-state index contributed by atoms with van der Waals surface area (Å²) < 4.78 is 2.00. The number of hydrogen-bond acceptors (Lipinski definition) is 5. The minimum absolute atomic E-state index is 0.108. The second-order valence-corrected chi connectivity index (χ2v) is 7.99. The summed E-state index contributed by atoms with van der Waals surface area (Å²) in [5.74, 6) is -0.108. The Bertz CT molecular complexity index is 1080. The molecule has 3 aromatic heterocycles. The van der Waals surface area contributed by atoms with Gasteiger partial charge in [-0.15, -0.1) is 22.7 Å². The van der Waals surface area contributed by atoms with Gasteiger partial charge in [0.1, 0.15) is 5.01 Å². The number of nitrogens with zero attached hydrogens (tertiary/aromatic N) is 3. The van der Waals surface area contributed by atoms with Crippen LogP contribution in [0.1, 0.15) is 11.3 Å². The van der Waals surface area contributed by atoms with Gasteiger partial charge in [0.2, 0.25) is 5.91 Å². The third kappa shape index (κ3) is 3.99. The van der Waals surface area contributed by atoms with Crippen molar-refractivity contribution in [1.29, 1.82) is 0 Å². The summed E-state index contributed by atoms with van der Waals surface area (Å²) in [7, 11) is 1.97. The second-order valence-electron chi connectivity index (χ2n) is 6.28. The summed E-state index contributed by atoms with van der Waals surface area (Å²) in [6.45, 7) is 2.06. The number of amides is 1. The summed E-state index contributed by atoms with van der Waals surface area (Å²) in [5, 5.41) is 8.29. The molecule has 0 spiro atoms. The zero-order valence-electron chi connectivity index (χ0n) is 15.0. The van der Waals surface area contributed by atoms with E-state index in [1.54, 1.807) is 11.3 Å². The van der Waals surface area contributed by atoms with E-state index >= 15 is 0 Å². The van der Waals surface area contributed by atoms with Crippen molar-refractivity contribution in [3.63, 3.8) is 0 Å². The lowest BCUT2D eigenvalue weighted by molar-refractivity contribution is -0.115. The first-order valence-electron chi connectivity index (χ1n) is 8.47. The van der Waals surface area contributed by atoms with Crippen LogP contribution in [0, 0.1) is 6.92 Å². The molecule has 0 fully saturated rings. The molecule has 0 aliphatic rings. The van der Waals surface area contributed by atoms with Gasteiger partial charge in [0, 0.05) is 29.6 Å². The van der Waals surface area contributed by atoms with Crippen LogP contribution in [0.15, 0.2) is 53.4 Å². The van der Waals surface area contributed by atoms with Gasteiger partial charge in [0.05, 0.1) is 23.5 Å². The molecule has 0 bridgehead atoms. The van der Waals surface area contributed by atoms with Gasteiger partial charge in [-0.25, -0.2) is 9.97 Å². The Morgan fingerprint density at radius 1 is 1.11 bits per heavy atom. The third-order valence-corrected chi connectivity index (χ3v) is 5.85. The first kappa shape index (κ1) is 17.6. The minimum Gasteiger partial charge on any atom is -0.349 e. The Labute approximate surface area is 165 Å². The lowest BCUT2D eigenvalue weighted by Gasteiger charge is -2.00. The van der Waals surface area contributed by atoms with E-state index in [2.05, 4.69) is 46.5 Å². The van der Waals surface area contributed by atoms with Crippen LogP contribution in [0.3, 0.4) is 0 Å². The summed E-state index contributed by atoms with van der Waals surface area (Å²) in [6, 6.07) is 12.2. The molecule has 0 aliphatic carbocycles. The third-order valence-electron chi connectivity index (χ3n) is 4.15. The Morgan fingerprint density at radius 3 is 2.67 bits per heavy atom. The van der Waals surface area contributed by atoms with E-state index < -0.39 is 0 Å². The number of hydrogen-bond donors (Lipinski definition) is 1. The summed E-state index contributed by atoms with van der Waals surface area (Å²) in [5.41, 5.74) is 4.94. The highest BCUT2D eigenvalue weighted by Gasteiger charge is 2.12. The van der Waals surface area contributed by atoms with Crippen molar-refractivity contribution in [1.82, 2.24) is 14.5 Å². The van der Waals surface area contributed by atoms with Crippen molar-refractivity contribution in [2.75, 3.05) is 5.32 Å². The van der Waals surface area contributed by atoms with Crippen LogP contribution in [-0.4, -0.2) is 20.4 Å². The number of aromatic nitrogens is 3. The van der Waals surface area contributed by atoms with Gasteiger partial charge in [-0.05, 0) is 19.1 Å². The fourth-order valence-electron chi connectivity index (χ4n) is 2.72. The van der Waals surface area contributed by atoms with E-state index in [0.29, 0.717) is 5.13 Å². The highest BCUT2D eigenvalue weighted by atomic mass is 32.1. The van der Waals surface area contributed by atoms with Gasteiger partial charge in [0.15, 0.2) is 5.13 Å². The van der Waals surface area contributed by atoms with E-state index in [-0.39, 0.29) is 12.3 Å². The number of thiazole rings is 2. The lowest BCUT2D eigenvalue weighted by Crippen LogP contribution is -2.14. The predicted octanol–water partition coefficient (Wildman–Crippen LogP) is 4.76. The Hall–Kier alpha value is -2.77. The molecule has 1 aromatic carbocycles. The average molecular weight is 395 g/mol. The summed E-state index contributed by atoms with van der Waals surface area (Å²) in [4.78, 5) is 21.4. The fourth-order valence-corrected chi connectivity index (χ4v) is 4.27. The lowest BCUT2D eigenvalue weighted by atomic mass is 10.2. The maximum absolute atomic E-state index is 12.3. The van der Waals surface area contributed by atoms with Crippen molar-refractivity contribution >= 4 is 33.7 Å². The van der Waals surface area contributed by atoms with Crippen LogP contribution < -0.4 is 5.32 Å². The first-order valence-corrected chi connectivity index (χ1v) is 10.2. The number of nitrogens with one attached hydrogen (secondary N) is 1. The van der Waals surface area contributed by atoms with Crippen LogP contribution in [0.4, 0.5) is 5.13 Å². The molecule has 1 N–H and O–H groups in total. The number of carbonyl (C=O) groups excluding carboxylic acids is 1.